The maximum atomic E-state index is 13.2. The van der Waals surface area contributed by atoms with E-state index in [0.717, 1.165) is 37.9 Å². The summed E-state index contributed by atoms with van der Waals surface area (Å²) in [5.74, 6) is -0.415. The topological polar surface area (TPSA) is 48.7 Å². The van der Waals surface area contributed by atoms with Gasteiger partial charge in [-0.25, -0.2) is 0 Å². The van der Waals surface area contributed by atoms with Crippen LogP contribution in [-0.4, -0.2) is 59.3 Å². The molecule has 0 radical (unpaired) electrons. The van der Waals surface area contributed by atoms with E-state index < -0.39 is 23.5 Å². The number of rotatable bonds is 5. The summed E-state index contributed by atoms with van der Waals surface area (Å²) in [6.45, 7) is 4.54. The summed E-state index contributed by atoms with van der Waals surface area (Å²) in [6, 6.07) is 3.86. The third-order valence-electron chi connectivity index (χ3n) is 5.50. The van der Waals surface area contributed by atoms with Crippen LogP contribution in [0.25, 0.3) is 17.4 Å². The third kappa shape index (κ3) is 6.08. The van der Waals surface area contributed by atoms with Gasteiger partial charge in [0, 0.05) is 50.9 Å². The van der Waals surface area contributed by atoms with Crippen molar-refractivity contribution in [3.8, 4) is 11.3 Å². The van der Waals surface area contributed by atoms with Crippen LogP contribution in [0.5, 0.6) is 0 Å². The molecule has 1 amide bonds. The number of carbonyl (C=O) groups excluding carboxylic acids is 1. The second-order valence-electron chi connectivity index (χ2n) is 7.92. The van der Waals surface area contributed by atoms with Gasteiger partial charge in [0.15, 0.2) is 0 Å². The van der Waals surface area contributed by atoms with Crippen molar-refractivity contribution in [1.82, 2.24) is 15.1 Å². The Morgan fingerprint density at radius 1 is 1.00 bits per heavy atom. The molecule has 1 aromatic heterocycles. The summed E-state index contributed by atoms with van der Waals surface area (Å²) in [7, 11) is 0. The quantitative estimate of drug-likeness (QED) is 0.327. The Morgan fingerprint density at radius 2 is 1.63 bits per heavy atom. The van der Waals surface area contributed by atoms with Crippen LogP contribution in [0.15, 0.2) is 39.7 Å². The van der Waals surface area contributed by atoms with Crippen LogP contribution in [-0.2, 0) is 17.1 Å². The molecule has 0 atom stereocenters. The number of hydrogen-bond acceptors (Lipinski definition) is 6. The van der Waals surface area contributed by atoms with E-state index in [1.54, 1.807) is 0 Å². The minimum Gasteiger partial charge on any atom is -0.457 e. The summed E-state index contributed by atoms with van der Waals surface area (Å²) in [4.78, 5) is 16.7. The van der Waals surface area contributed by atoms with Crippen molar-refractivity contribution in [1.29, 1.82) is 0 Å². The lowest BCUT2D eigenvalue weighted by molar-refractivity contribution is -0.143. The molecule has 13 heteroatoms. The first kappa shape index (κ1) is 25.7. The second-order valence-corrected chi connectivity index (χ2v) is 9.60. The highest BCUT2D eigenvalue weighted by molar-refractivity contribution is 8.26. The fraction of sp³-hybridized carbons (Fsp3) is 0.364. The Labute approximate surface area is 206 Å². The van der Waals surface area contributed by atoms with Gasteiger partial charge < -0.3 is 9.73 Å². The first-order valence-electron chi connectivity index (χ1n) is 10.5. The van der Waals surface area contributed by atoms with Crippen molar-refractivity contribution in [3.63, 3.8) is 0 Å². The number of hydrogen-bond donors (Lipinski definition) is 1. The number of benzene rings is 1. The highest BCUT2D eigenvalue weighted by Gasteiger charge is 2.37. The number of thioether (sulfide) groups is 1. The highest BCUT2D eigenvalue weighted by Crippen LogP contribution is 2.39. The summed E-state index contributed by atoms with van der Waals surface area (Å²) >= 11 is 6.37. The lowest BCUT2D eigenvalue weighted by atomic mass is 10.0. The predicted molar refractivity (Wildman–Crippen MR) is 123 cm³/mol. The number of nitrogens with zero attached hydrogens (tertiary/aromatic N) is 2. The number of thiocarbonyl (C=S) groups is 1. The van der Waals surface area contributed by atoms with Gasteiger partial charge in [0.2, 0.25) is 0 Å². The van der Waals surface area contributed by atoms with Crippen molar-refractivity contribution in [2.24, 2.45) is 0 Å². The Morgan fingerprint density at radius 3 is 2.23 bits per heavy atom. The Kier molecular flexibility index (Phi) is 7.32. The molecule has 0 bridgehead atoms. The summed E-state index contributed by atoms with van der Waals surface area (Å²) in [5, 5.41) is 3.25. The molecule has 2 fully saturated rings. The zero-order valence-electron chi connectivity index (χ0n) is 18.0. The van der Waals surface area contributed by atoms with Crippen LogP contribution < -0.4 is 5.32 Å². The van der Waals surface area contributed by atoms with Crippen LogP contribution in [0.4, 0.5) is 26.3 Å². The minimum absolute atomic E-state index is 0.0547. The zero-order valence-corrected chi connectivity index (χ0v) is 19.6. The second kappa shape index (κ2) is 9.96. The van der Waals surface area contributed by atoms with Crippen molar-refractivity contribution in [2.45, 2.75) is 12.4 Å². The summed E-state index contributed by atoms with van der Waals surface area (Å²) in [5.41, 5.74) is -3.26. The van der Waals surface area contributed by atoms with Gasteiger partial charge in [0.1, 0.15) is 15.8 Å². The number of nitrogens with one attached hydrogen (secondary N) is 1. The smallest absolute Gasteiger partial charge is 0.416 e. The van der Waals surface area contributed by atoms with Crippen LogP contribution >= 0.6 is 24.0 Å². The van der Waals surface area contributed by atoms with Crippen molar-refractivity contribution in [2.75, 3.05) is 39.3 Å². The molecule has 5 nitrogen and oxygen atoms in total. The van der Waals surface area contributed by atoms with E-state index in [-0.39, 0.29) is 34.0 Å². The highest BCUT2D eigenvalue weighted by atomic mass is 32.2. The van der Waals surface area contributed by atoms with Crippen LogP contribution in [0.3, 0.4) is 0 Å². The fourth-order valence-corrected chi connectivity index (χ4v) is 4.97. The molecule has 1 aromatic carbocycles. The van der Waals surface area contributed by atoms with Crippen molar-refractivity contribution >= 4 is 40.3 Å². The standard InChI is InChI=1S/C22H19F6N3O2S2/c23-21(24,25)14-9-13(10-15(11-14)22(26,27)28)17-2-1-16(33-17)12-18-19(32)31(20(34)35-18)8-7-30-5-3-29-4-6-30/h1-2,9-12,29H,3-8H2. The van der Waals surface area contributed by atoms with E-state index in [2.05, 4.69) is 10.2 Å². The molecule has 2 aliphatic rings. The molecule has 0 unspecified atom stereocenters. The number of alkyl halides is 6. The largest absolute Gasteiger partial charge is 0.457 e. The molecule has 2 aromatic rings. The van der Waals surface area contributed by atoms with E-state index in [1.807, 2.05) is 0 Å². The van der Waals surface area contributed by atoms with Gasteiger partial charge in [-0.15, -0.1) is 0 Å². The van der Waals surface area contributed by atoms with E-state index in [1.165, 1.54) is 23.1 Å². The number of amides is 1. The number of halogens is 6. The minimum atomic E-state index is -4.97. The van der Waals surface area contributed by atoms with Gasteiger partial charge in [-0.1, -0.05) is 24.0 Å². The third-order valence-corrected chi connectivity index (χ3v) is 6.87. The van der Waals surface area contributed by atoms with Gasteiger partial charge in [-0.2, -0.15) is 26.3 Å². The Balaban J connectivity index is 1.53. The van der Waals surface area contributed by atoms with Gasteiger partial charge in [0.05, 0.1) is 16.0 Å². The zero-order chi connectivity index (χ0) is 25.4. The summed E-state index contributed by atoms with van der Waals surface area (Å²) < 4.78 is 84.8. The average molecular weight is 536 g/mol. The average Bonchev–Trinajstić information content (AvgIpc) is 3.36. The lowest BCUT2D eigenvalue weighted by Crippen LogP contribution is -2.46. The molecule has 0 spiro atoms. The first-order valence-corrected chi connectivity index (χ1v) is 11.7. The van der Waals surface area contributed by atoms with Crippen LogP contribution in [0.1, 0.15) is 16.9 Å². The SMILES string of the molecule is O=C1C(=Cc2ccc(-c3cc(C(F)(F)F)cc(C(F)(F)F)c3)o2)SC(=S)N1CCN1CCNCC1. The molecule has 4 rings (SSSR count). The van der Waals surface area contributed by atoms with Gasteiger partial charge in [0.25, 0.3) is 5.91 Å². The molecular weight excluding hydrogens is 516 g/mol. The Bertz CT molecular complexity index is 1120. The van der Waals surface area contributed by atoms with Crippen molar-refractivity contribution < 1.29 is 35.6 Å². The Hall–Kier alpha value is -2.35. The lowest BCUT2D eigenvalue weighted by Gasteiger charge is -2.28. The molecule has 0 aliphatic carbocycles. The molecule has 35 heavy (non-hydrogen) atoms. The molecule has 2 saturated heterocycles. The van der Waals surface area contributed by atoms with Crippen LogP contribution in [0.2, 0.25) is 0 Å². The summed E-state index contributed by atoms with van der Waals surface area (Å²) in [6.07, 6.45) is -8.56. The first-order chi connectivity index (χ1) is 16.4. The molecule has 188 valence electrons. The normalized spacial score (nSPS) is 19.3. The fourth-order valence-electron chi connectivity index (χ4n) is 3.68. The van der Waals surface area contributed by atoms with E-state index in [0.29, 0.717) is 29.5 Å². The molecule has 1 N–H and O–H groups in total. The van der Waals surface area contributed by atoms with E-state index >= 15 is 0 Å². The predicted octanol–water partition coefficient (Wildman–Crippen LogP) is 5.09. The molecule has 2 aliphatic heterocycles. The number of piperazine rings is 1. The number of furan rings is 1. The molecular formula is C22H19F6N3O2S2. The van der Waals surface area contributed by atoms with Gasteiger partial charge in [-0.3, -0.25) is 14.6 Å². The number of carbonyl (C=O) groups is 1. The van der Waals surface area contributed by atoms with Crippen molar-refractivity contribution in [3.05, 3.63) is 52.1 Å². The maximum Gasteiger partial charge on any atom is 0.416 e. The van der Waals surface area contributed by atoms with Gasteiger partial charge in [-0.05, 0) is 30.3 Å². The van der Waals surface area contributed by atoms with E-state index in [9.17, 15) is 31.1 Å². The monoisotopic (exact) mass is 535 g/mol. The molecule has 3 heterocycles. The molecule has 0 saturated carbocycles. The maximum absolute atomic E-state index is 13.2. The van der Waals surface area contributed by atoms with E-state index in [4.69, 9.17) is 16.6 Å². The van der Waals surface area contributed by atoms with Crippen LogP contribution in [0, 0.1) is 0 Å². The van der Waals surface area contributed by atoms with Gasteiger partial charge >= 0.3 is 12.4 Å².